The van der Waals surface area contributed by atoms with E-state index in [1.165, 1.54) is 31.0 Å². The molecule has 0 aliphatic carbocycles. The third-order valence-corrected chi connectivity index (χ3v) is 6.21. The molecule has 0 saturated carbocycles. The number of likely N-dealkylation sites (N-methyl/N-ethyl adjacent to an activating group) is 1. The summed E-state index contributed by atoms with van der Waals surface area (Å²) in [7, 11) is -2.37. The maximum Gasteiger partial charge on any atom is 0.244 e. The maximum absolute atomic E-state index is 13.3. The van der Waals surface area contributed by atoms with Gasteiger partial charge in [0, 0.05) is 19.2 Å². The third kappa shape index (κ3) is 6.40. The van der Waals surface area contributed by atoms with Gasteiger partial charge in [0.05, 0.1) is 11.9 Å². The predicted octanol–water partition coefficient (Wildman–Crippen LogP) is 2.13. The van der Waals surface area contributed by atoms with E-state index in [1.54, 1.807) is 19.1 Å². The molecule has 0 saturated heterocycles. The van der Waals surface area contributed by atoms with Crippen LogP contribution in [0.5, 0.6) is 0 Å². The molecule has 0 fully saturated rings. The van der Waals surface area contributed by atoms with Crippen molar-refractivity contribution in [2.45, 2.75) is 33.4 Å². The standard InChI is InChI=1S/C23H29N3O5S/c1-16-8-6-9-19(12-16)14-25(17(2)23(29)24-4)22(28)15-26(32(5,30)31)21-11-7-10-20(13-21)18(3)27/h6-13,17H,14-15H2,1-5H3,(H,24,29)/t17-/m1/s1. The maximum atomic E-state index is 13.3. The lowest BCUT2D eigenvalue weighted by atomic mass is 10.1. The van der Waals surface area contributed by atoms with Gasteiger partial charge in [-0.15, -0.1) is 0 Å². The zero-order chi connectivity index (χ0) is 24.1. The van der Waals surface area contributed by atoms with Crippen LogP contribution in [0.1, 0.15) is 35.3 Å². The zero-order valence-electron chi connectivity index (χ0n) is 19.0. The SMILES string of the molecule is CNC(=O)[C@@H](C)N(Cc1cccc(C)c1)C(=O)CN(c1cccc(C(C)=O)c1)S(C)(=O)=O. The molecule has 32 heavy (non-hydrogen) atoms. The summed E-state index contributed by atoms with van der Waals surface area (Å²) >= 11 is 0. The molecule has 172 valence electrons. The zero-order valence-corrected chi connectivity index (χ0v) is 19.8. The van der Waals surface area contributed by atoms with Gasteiger partial charge in [-0.05, 0) is 38.5 Å². The number of rotatable bonds is 9. The molecule has 0 heterocycles. The minimum Gasteiger partial charge on any atom is -0.357 e. The summed E-state index contributed by atoms with van der Waals surface area (Å²) < 4.78 is 26.0. The summed E-state index contributed by atoms with van der Waals surface area (Å²) in [6, 6.07) is 12.8. The molecule has 1 N–H and O–H groups in total. The highest BCUT2D eigenvalue weighted by atomic mass is 32.2. The van der Waals surface area contributed by atoms with E-state index >= 15 is 0 Å². The van der Waals surface area contributed by atoms with E-state index in [1.807, 2.05) is 31.2 Å². The number of amides is 2. The molecule has 0 aliphatic rings. The Balaban J connectivity index is 2.42. The second-order valence-electron chi connectivity index (χ2n) is 7.68. The van der Waals surface area contributed by atoms with E-state index in [2.05, 4.69) is 5.32 Å². The average Bonchev–Trinajstić information content (AvgIpc) is 2.73. The summed E-state index contributed by atoms with van der Waals surface area (Å²) in [6.45, 7) is 4.52. The number of benzene rings is 2. The Morgan fingerprint density at radius 3 is 2.28 bits per heavy atom. The highest BCUT2D eigenvalue weighted by Crippen LogP contribution is 2.21. The summed E-state index contributed by atoms with van der Waals surface area (Å²) in [5, 5.41) is 2.53. The fraction of sp³-hybridized carbons (Fsp3) is 0.348. The third-order valence-electron chi connectivity index (χ3n) is 5.07. The van der Waals surface area contributed by atoms with Gasteiger partial charge >= 0.3 is 0 Å². The summed E-state index contributed by atoms with van der Waals surface area (Å²) in [4.78, 5) is 38.7. The van der Waals surface area contributed by atoms with Crippen LogP contribution in [0.15, 0.2) is 48.5 Å². The van der Waals surface area contributed by atoms with Crippen molar-refractivity contribution in [2.24, 2.45) is 0 Å². The molecule has 0 unspecified atom stereocenters. The molecular formula is C23H29N3O5S. The van der Waals surface area contributed by atoms with Gasteiger partial charge in [0.15, 0.2) is 5.78 Å². The lowest BCUT2D eigenvalue weighted by Crippen LogP contribution is -2.50. The van der Waals surface area contributed by atoms with Crippen molar-refractivity contribution in [3.63, 3.8) is 0 Å². The van der Waals surface area contributed by atoms with Gasteiger partial charge in [-0.25, -0.2) is 8.42 Å². The van der Waals surface area contributed by atoms with Crippen LogP contribution in [0, 0.1) is 6.92 Å². The Kier molecular flexibility index (Phi) is 8.15. The van der Waals surface area contributed by atoms with Crippen molar-refractivity contribution in [1.82, 2.24) is 10.2 Å². The normalized spacial score (nSPS) is 12.0. The molecule has 0 radical (unpaired) electrons. The Morgan fingerprint density at radius 1 is 1.06 bits per heavy atom. The fourth-order valence-electron chi connectivity index (χ4n) is 3.29. The van der Waals surface area contributed by atoms with E-state index in [9.17, 15) is 22.8 Å². The topological polar surface area (TPSA) is 104 Å². The van der Waals surface area contributed by atoms with E-state index in [4.69, 9.17) is 0 Å². The summed E-state index contributed by atoms with van der Waals surface area (Å²) in [5.74, 6) is -1.13. The number of sulfonamides is 1. The number of hydrogen-bond donors (Lipinski definition) is 1. The van der Waals surface area contributed by atoms with Gasteiger partial charge in [-0.3, -0.25) is 18.7 Å². The number of anilines is 1. The van der Waals surface area contributed by atoms with E-state index in [-0.39, 0.29) is 23.9 Å². The molecule has 9 heteroatoms. The average molecular weight is 460 g/mol. The Labute approximate surface area is 189 Å². The first-order chi connectivity index (χ1) is 14.9. The van der Waals surface area contributed by atoms with Crippen LogP contribution < -0.4 is 9.62 Å². The lowest BCUT2D eigenvalue weighted by molar-refractivity contribution is -0.139. The number of carbonyl (C=O) groups excluding carboxylic acids is 3. The smallest absolute Gasteiger partial charge is 0.244 e. The van der Waals surface area contributed by atoms with Crippen LogP contribution in [0.4, 0.5) is 5.69 Å². The van der Waals surface area contributed by atoms with Gasteiger partial charge in [0.25, 0.3) is 0 Å². The second-order valence-corrected chi connectivity index (χ2v) is 9.58. The number of hydrogen-bond acceptors (Lipinski definition) is 5. The molecule has 0 bridgehead atoms. The number of nitrogens with one attached hydrogen (secondary N) is 1. The second kappa shape index (κ2) is 10.4. The van der Waals surface area contributed by atoms with Crippen molar-refractivity contribution in [3.8, 4) is 0 Å². The number of aryl methyl sites for hydroxylation is 1. The minimum absolute atomic E-state index is 0.139. The number of nitrogens with zero attached hydrogens (tertiary/aromatic N) is 2. The molecule has 2 aromatic rings. The Bertz CT molecular complexity index is 1110. The van der Waals surface area contributed by atoms with Crippen LogP contribution in [0.3, 0.4) is 0 Å². The highest BCUT2D eigenvalue weighted by molar-refractivity contribution is 7.92. The van der Waals surface area contributed by atoms with Gasteiger partial charge in [0.2, 0.25) is 21.8 Å². The van der Waals surface area contributed by atoms with Crippen LogP contribution in [-0.2, 0) is 26.2 Å². The first-order valence-corrected chi connectivity index (χ1v) is 11.9. The first-order valence-electron chi connectivity index (χ1n) is 10.1. The lowest BCUT2D eigenvalue weighted by Gasteiger charge is -2.31. The van der Waals surface area contributed by atoms with Crippen LogP contribution in [-0.4, -0.2) is 56.8 Å². The molecule has 0 aliphatic heterocycles. The van der Waals surface area contributed by atoms with Gasteiger partial charge in [0.1, 0.15) is 12.6 Å². The van der Waals surface area contributed by atoms with Crippen molar-refractivity contribution in [1.29, 1.82) is 0 Å². The largest absolute Gasteiger partial charge is 0.357 e. The fourth-order valence-corrected chi connectivity index (χ4v) is 4.13. The molecule has 0 spiro atoms. The molecule has 0 aromatic heterocycles. The Hall–Kier alpha value is -3.20. The predicted molar refractivity (Wildman–Crippen MR) is 124 cm³/mol. The van der Waals surface area contributed by atoms with Gasteiger partial charge in [-0.1, -0.05) is 42.0 Å². The number of Topliss-reactive ketones (excluding diaryl/α,β-unsaturated/α-hetero) is 1. The molecule has 8 nitrogen and oxygen atoms in total. The molecule has 1 atom stereocenters. The van der Waals surface area contributed by atoms with Crippen molar-refractivity contribution >= 4 is 33.3 Å². The van der Waals surface area contributed by atoms with Gasteiger partial charge in [-0.2, -0.15) is 0 Å². The van der Waals surface area contributed by atoms with Crippen LogP contribution in [0.2, 0.25) is 0 Å². The van der Waals surface area contributed by atoms with Crippen molar-refractivity contribution < 1.29 is 22.8 Å². The van der Waals surface area contributed by atoms with Crippen molar-refractivity contribution in [2.75, 3.05) is 24.2 Å². The van der Waals surface area contributed by atoms with Crippen molar-refractivity contribution in [3.05, 3.63) is 65.2 Å². The monoisotopic (exact) mass is 459 g/mol. The molecule has 2 aromatic carbocycles. The highest BCUT2D eigenvalue weighted by Gasteiger charge is 2.29. The van der Waals surface area contributed by atoms with Crippen LogP contribution in [0.25, 0.3) is 0 Å². The number of carbonyl (C=O) groups is 3. The molecule has 2 rings (SSSR count). The van der Waals surface area contributed by atoms with E-state index < -0.39 is 28.5 Å². The summed E-state index contributed by atoms with van der Waals surface area (Å²) in [5.41, 5.74) is 2.36. The van der Waals surface area contributed by atoms with E-state index in [0.717, 1.165) is 21.7 Å². The molecular weight excluding hydrogens is 430 g/mol. The van der Waals surface area contributed by atoms with Gasteiger partial charge < -0.3 is 10.2 Å². The quantitative estimate of drug-likeness (QED) is 0.579. The Morgan fingerprint density at radius 2 is 1.72 bits per heavy atom. The van der Waals surface area contributed by atoms with Crippen LogP contribution >= 0.6 is 0 Å². The number of ketones is 1. The first kappa shape index (κ1) is 25.1. The summed E-state index contributed by atoms with van der Waals surface area (Å²) in [6.07, 6.45) is 0.994. The minimum atomic E-state index is -3.85. The van der Waals surface area contributed by atoms with E-state index in [0.29, 0.717) is 5.56 Å². The molecule has 2 amide bonds.